The second-order valence-electron chi connectivity index (χ2n) is 15.0. The number of pyridine rings is 1. The van der Waals surface area contributed by atoms with E-state index in [9.17, 15) is 0 Å². The van der Waals surface area contributed by atoms with Gasteiger partial charge in [-0.1, -0.05) is 90.4 Å². The van der Waals surface area contributed by atoms with E-state index >= 15 is 0 Å². The molecular formula is C46H28B2N2O3S2. The molecule has 0 saturated carbocycles. The van der Waals surface area contributed by atoms with Gasteiger partial charge in [0, 0.05) is 38.6 Å². The van der Waals surface area contributed by atoms with Gasteiger partial charge in [-0.3, -0.25) is 4.98 Å². The van der Waals surface area contributed by atoms with Crippen LogP contribution in [0.4, 0.5) is 16.4 Å². The molecule has 258 valence electrons. The van der Waals surface area contributed by atoms with Gasteiger partial charge in [0.05, 0.1) is 10.6 Å². The maximum atomic E-state index is 6.85. The molecule has 4 aliphatic rings. The molecule has 0 radical (unpaired) electrons. The van der Waals surface area contributed by atoms with E-state index in [1.165, 1.54) is 58.6 Å². The van der Waals surface area contributed by atoms with Gasteiger partial charge in [0.2, 0.25) is 0 Å². The van der Waals surface area contributed by atoms with Crippen LogP contribution in [0.15, 0.2) is 131 Å². The SMILES string of the molecule is Cc1sc2c(c1C)B1c3c(cccc3N2c2ccccc2)Oc2oc3cc4c(nc3c21)B1c2ccsc2C(c2cccc3ccccc23)c2cccc(c21)O4. The normalized spacial score (nSPS) is 15.5. The number of furan rings is 1. The highest BCUT2D eigenvalue weighted by molar-refractivity contribution is 7.20. The minimum Gasteiger partial charge on any atom is -0.457 e. The lowest BCUT2D eigenvalue weighted by Gasteiger charge is -2.37. The predicted octanol–water partition coefficient (Wildman–Crippen LogP) is 8.24. The topological polar surface area (TPSA) is 47.7 Å². The molecule has 0 amide bonds. The summed E-state index contributed by atoms with van der Waals surface area (Å²) in [5.74, 6) is 3.02. The molecule has 9 aromatic rings. The van der Waals surface area contributed by atoms with E-state index in [1.807, 2.05) is 22.7 Å². The number of fused-ring (bicyclic) bond motifs is 11. The smallest absolute Gasteiger partial charge is 0.287 e. The third kappa shape index (κ3) is 3.91. The summed E-state index contributed by atoms with van der Waals surface area (Å²) in [5.41, 5.74) is 14.5. The van der Waals surface area contributed by atoms with Crippen LogP contribution in [-0.2, 0) is 0 Å². The van der Waals surface area contributed by atoms with Gasteiger partial charge in [-0.25, -0.2) is 0 Å². The second-order valence-corrected chi connectivity index (χ2v) is 17.1. The molecule has 1 unspecified atom stereocenters. The van der Waals surface area contributed by atoms with Crippen LogP contribution < -0.4 is 47.3 Å². The fraction of sp³-hybridized carbons (Fsp3) is 0.0652. The molecule has 0 bridgehead atoms. The largest absolute Gasteiger partial charge is 0.457 e. The predicted molar refractivity (Wildman–Crippen MR) is 228 cm³/mol. The van der Waals surface area contributed by atoms with Gasteiger partial charge in [-0.15, -0.1) is 22.7 Å². The molecule has 9 heteroatoms. The van der Waals surface area contributed by atoms with Crippen molar-refractivity contribution in [2.75, 3.05) is 4.90 Å². The quantitative estimate of drug-likeness (QED) is 0.167. The van der Waals surface area contributed by atoms with Crippen molar-refractivity contribution in [3.8, 4) is 23.2 Å². The van der Waals surface area contributed by atoms with Gasteiger partial charge in [0.15, 0.2) is 5.58 Å². The molecular weight excluding hydrogens is 714 g/mol. The molecule has 0 N–H and O–H groups in total. The average molecular weight is 742 g/mol. The summed E-state index contributed by atoms with van der Waals surface area (Å²) < 4.78 is 20.3. The minimum atomic E-state index is -0.104. The first-order valence-electron chi connectivity index (χ1n) is 18.7. The van der Waals surface area contributed by atoms with Crippen molar-refractivity contribution in [3.05, 3.63) is 153 Å². The first-order valence-corrected chi connectivity index (χ1v) is 20.4. The van der Waals surface area contributed by atoms with Crippen molar-refractivity contribution in [3.63, 3.8) is 0 Å². The van der Waals surface area contributed by atoms with E-state index in [2.05, 4.69) is 145 Å². The number of thiophene rings is 2. The van der Waals surface area contributed by atoms with E-state index in [-0.39, 0.29) is 19.3 Å². The fourth-order valence-corrected chi connectivity index (χ4v) is 12.2. The maximum absolute atomic E-state index is 6.85. The molecule has 4 aromatic heterocycles. The van der Waals surface area contributed by atoms with Crippen LogP contribution in [0, 0.1) is 13.8 Å². The summed E-state index contributed by atoms with van der Waals surface area (Å²) in [7, 11) is 0. The number of rotatable bonds is 2. The minimum absolute atomic E-state index is 0.0784. The Balaban J connectivity index is 1.04. The van der Waals surface area contributed by atoms with Crippen molar-refractivity contribution < 1.29 is 13.9 Å². The Morgan fingerprint density at radius 1 is 0.691 bits per heavy atom. The van der Waals surface area contributed by atoms with Crippen molar-refractivity contribution in [2.45, 2.75) is 19.8 Å². The lowest BCUT2D eigenvalue weighted by Crippen LogP contribution is -2.61. The summed E-state index contributed by atoms with van der Waals surface area (Å²) in [6, 6.07) is 43.3. The van der Waals surface area contributed by atoms with Crippen LogP contribution in [0.25, 0.3) is 21.9 Å². The molecule has 4 aliphatic heterocycles. The van der Waals surface area contributed by atoms with Crippen LogP contribution in [0.3, 0.4) is 0 Å². The van der Waals surface area contributed by atoms with E-state index < -0.39 is 0 Å². The van der Waals surface area contributed by atoms with Gasteiger partial charge < -0.3 is 18.8 Å². The molecule has 5 nitrogen and oxygen atoms in total. The standard InChI is InChI=1S/C46H28B2N2O3S2/c1-24-25(2)55-45-38(24)48-40-32(50(45)27-13-4-3-5-14-27)18-10-20-34(40)52-46-41(48)42-35(53-46)23-36-44(49-42)47-31-21-22-54-43(31)37(30-17-9-19-33(51-36)39(30)47)29-16-8-12-26-11-6-7-15-28(26)29/h3-23,37H,1-2H3. The highest BCUT2D eigenvalue weighted by Gasteiger charge is 2.49. The summed E-state index contributed by atoms with van der Waals surface area (Å²) in [5, 5.41) is 6.01. The van der Waals surface area contributed by atoms with Crippen LogP contribution in [-0.4, -0.2) is 18.4 Å². The zero-order valence-corrected chi connectivity index (χ0v) is 31.4. The highest BCUT2D eigenvalue weighted by atomic mass is 32.1. The Labute approximate surface area is 325 Å². The van der Waals surface area contributed by atoms with E-state index in [0.717, 1.165) is 50.7 Å². The van der Waals surface area contributed by atoms with E-state index in [4.69, 9.17) is 18.9 Å². The molecule has 8 heterocycles. The molecule has 1 atom stereocenters. The van der Waals surface area contributed by atoms with Gasteiger partial charge in [0.25, 0.3) is 19.4 Å². The zero-order valence-electron chi connectivity index (χ0n) is 29.8. The number of anilines is 3. The van der Waals surface area contributed by atoms with Gasteiger partial charge in [0.1, 0.15) is 22.8 Å². The number of hydrogen-bond donors (Lipinski definition) is 0. The summed E-state index contributed by atoms with van der Waals surface area (Å²) in [6.45, 7) is 4.31. The molecule has 13 rings (SSSR count). The van der Waals surface area contributed by atoms with Crippen LogP contribution in [0.1, 0.15) is 32.4 Å². The van der Waals surface area contributed by atoms with Crippen molar-refractivity contribution in [1.29, 1.82) is 0 Å². The average Bonchev–Trinajstić information content (AvgIpc) is 3.92. The highest BCUT2D eigenvalue weighted by Crippen LogP contribution is 2.47. The summed E-state index contributed by atoms with van der Waals surface area (Å²) in [4.78, 5) is 10.7. The molecule has 0 fully saturated rings. The number of aryl methyl sites for hydroxylation is 1. The molecule has 55 heavy (non-hydrogen) atoms. The van der Waals surface area contributed by atoms with Gasteiger partial charge >= 0.3 is 0 Å². The monoisotopic (exact) mass is 742 g/mol. The molecule has 0 spiro atoms. The van der Waals surface area contributed by atoms with Crippen molar-refractivity contribution in [1.82, 2.24) is 4.98 Å². The molecule has 0 aliphatic carbocycles. The van der Waals surface area contributed by atoms with Crippen molar-refractivity contribution in [2.24, 2.45) is 0 Å². The van der Waals surface area contributed by atoms with E-state index in [1.54, 1.807) is 0 Å². The number of hydrogen-bond acceptors (Lipinski definition) is 7. The fourth-order valence-electron chi connectivity index (χ4n) is 9.87. The third-order valence-corrected chi connectivity index (χ3v) is 14.5. The Bertz CT molecular complexity index is 3130. The number of para-hydroxylation sites is 1. The Morgan fingerprint density at radius 3 is 2.38 bits per heavy atom. The number of ether oxygens (including phenoxy) is 2. The number of nitrogens with zero attached hydrogens (tertiary/aromatic N) is 2. The summed E-state index contributed by atoms with van der Waals surface area (Å²) in [6.07, 6.45) is 0. The van der Waals surface area contributed by atoms with Crippen LogP contribution in [0.2, 0.25) is 0 Å². The van der Waals surface area contributed by atoms with Crippen LogP contribution in [0.5, 0.6) is 23.2 Å². The van der Waals surface area contributed by atoms with E-state index in [0.29, 0.717) is 11.5 Å². The Hall–Kier alpha value is -6.02. The number of benzene rings is 5. The molecule has 5 aromatic carbocycles. The first kappa shape index (κ1) is 30.3. The number of aromatic nitrogens is 1. The Morgan fingerprint density at radius 2 is 1.47 bits per heavy atom. The van der Waals surface area contributed by atoms with Gasteiger partial charge in [-0.2, -0.15) is 0 Å². The lowest BCUT2D eigenvalue weighted by molar-refractivity contribution is 0.364. The Kier molecular flexibility index (Phi) is 5.96. The van der Waals surface area contributed by atoms with Crippen LogP contribution >= 0.6 is 22.7 Å². The van der Waals surface area contributed by atoms with Crippen molar-refractivity contribution >= 4 is 107 Å². The second kappa shape index (κ2) is 10.8. The summed E-state index contributed by atoms with van der Waals surface area (Å²) >= 11 is 3.69. The molecule has 0 saturated heterocycles. The van der Waals surface area contributed by atoms with Gasteiger partial charge in [-0.05, 0) is 93.4 Å². The third-order valence-electron chi connectivity index (χ3n) is 12.3. The zero-order chi connectivity index (χ0) is 36.1. The lowest BCUT2D eigenvalue weighted by atomic mass is 9.33. The maximum Gasteiger partial charge on any atom is 0.287 e. The first-order chi connectivity index (χ1) is 27.1.